The zero-order valence-corrected chi connectivity index (χ0v) is 12.7. The van der Waals surface area contributed by atoms with Gasteiger partial charge in [-0.2, -0.15) is 0 Å². The van der Waals surface area contributed by atoms with Crippen molar-refractivity contribution in [1.29, 1.82) is 0 Å². The summed E-state index contributed by atoms with van der Waals surface area (Å²) in [6.45, 7) is 0. The van der Waals surface area contributed by atoms with E-state index in [1.165, 1.54) is 17.6 Å². The highest BCUT2D eigenvalue weighted by Gasteiger charge is 2.11. The number of nitrogens with zero attached hydrogens (tertiary/aromatic N) is 3. The van der Waals surface area contributed by atoms with Gasteiger partial charge in [0.1, 0.15) is 10.7 Å². The van der Waals surface area contributed by atoms with Gasteiger partial charge in [0.25, 0.3) is 0 Å². The van der Waals surface area contributed by atoms with Gasteiger partial charge in [-0.1, -0.05) is 12.1 Å². The zero-order chi connectivity index (χ0) is 14.9. The van der Waals surface area contributed by atoms with Crippen LogP contribution in [0.4, 0.5) is 0 Å². The molecule has 3 rings (SSSR count). The molecular formula is C14H11N3O2S2. The van der Waals surface area contributed by atoms with E-state index < -0.39 is 9.84 Å². The van der Waals surface area contributed by atoms with Gasteiger partial charge >= 0.3 is 0 Å². The Morgan fingerprint density at radius 2 is 2.00 bits per heavy atom. The number of rotatable bonds is 3. The third-order valence-electron chi connectivity index (χ3n) is 2.84. The molecule has 2 heterocycles. The molecule has 0 aliphatic heterocycles. The summed E-state index contributed by atoms with van der Waals surface area (Å²) in [5.41, 5.74) is 2.20. The van der Waals surface area contributed by atoms with Crippen LogP contribution < -0.4 is 0 Å². The molecule has 0 spiro atoms. The number of hydrogen-bond donors (Lipinski definition) is 0. The first-order valence-electron chi connectivity index (χ1n) is 6.06. The van der Waals surface area contributed by atoms with Crippen molar-refractivity contribution in [3.63, 3.8) is 0 Å². The molecule has 0 unspecified atom stereocenters. The van der Waals surface area contributed by atoms with Crippen molar-refractivity contribution in [2.75, 3.05) is 6.26 Å². The lowest BCUT2D eigenvalue weighted by atomic mass is 10.2. The molecule has 3 aromatic rings. The lowest BCUT2D eigenvalue weighted by Crippen LogP contribution is -1.96. The molecule has 0 amide bonds. The van der Waals surface area contributed by atoms with E-state index in [1.54, 1.807) is 36.8 Å². The van der Waals surface area contributed by atoms with Crippen LogP contribution in [0.1, 0.15) is 0 Å². The Hall–Kier alpha value is -2.12. The number of aromatic nitrogens is 3. The average Bonchev–Trinajstić information content (AvgIpc) is 2.97. The molecule has 21 heavy (non-hydrogen) atoms. The fourth-order valence-electron chi connectivity index (χ4n) is 1.82. The quantitative estimate of drug-likeness (QED) is 0.742. The van der Waals surface area contributed by atoms with Crippen LogP contribution in [-0.4, -0.2) is 29.6 Å². The molecule has 5 nitrogen and oxygen atoms in total. The van der Waals surface area contributed by atoms with E-state index in [9.17, 15) is 8.42 Å². The first-order chi connectivity index (χ1) is 10.0. The molecule has 0 aliphatic carbocycles. The van der Waals surface area contributed by atoms with E-state index >= 15 is 0 Å². The summed E-state index contributed by atoms with van der Waals surface area (Å²) in [6.07, 6.45) is 6.06. The molecule has 7 heteroatoms. The summed E-state index contributed by atoms with van der Waals surface area (Å²) in [5.74, 6) is 0. The van der Waals surface area contributed by atoms with Gasteiger partial charge in [-0.15, -0.1) is 11.3 Å². The minimum Gasteiger partial charge on any atom is -0.261 e. The third kappa shape index (κ3) is 2.98. The second kappa shape index (κ2) is 5.34. The largest absolute Gasteiger partial charge is 0.261 e. The van der Waals surface area contributed by atoms with Crippen molar-refractivity contribution < 1.29 is 8.42 Å². The predicted molar refractivity (Wildman–Crippen MR) is 81.7 cm³/mol. The van der Waals surface area contributed by atoms with Crippen LogP contribution in [0.5, 0.6) is 0 Å². The predicted octanol–water partition coefficient (Wildman–Crippen LogP) is 2.67. The summed E-state index contributed by atoms with van der Waals surface area (Å²) < 4.78 is 23.2. The monoisotopic (exact) mass is 317 g/mol. The number of benzene rings is 1. The Morgan fingerprint density at radius 3 is 2.71 bits per heavy atom. The van der Waals surface area contributed by atoms with Crippen molar-refractivity contribution in [2.24, 2.45) is 0 Å². The first-order valence-corrected chi connectivity index (χ1v) is 8.83. The lowest BCUT2D eigenvalue weighted by Gasteiger charge is -2.01. The van der Waals surface area contributed by atoms with Crippen molar-refractivity contribution in [2.45, 2.75) is 4.90 Å². The Kier molecular flexibility index (Phi) is 3.52. The van der Waals surface area contributed by atoms with Gasteiger partial charge in [0.2, 0.25) is 0 Å². The highest BCUT2D eigenvalue weighted by atomic mass is 32.2. The van der Waals surface area contributed by atoms with Crippen molar-refractivity contribution in [1.82, 2.24) is 15.0 Å². The standard InChI is InChI=1S/C14H11N3O2S2/c1-21(18,19)11-4-2-3-10(7-11)13-9-20-14(17-13)12-8-15-5-6-16-12/h2-9H,1H3. The van der Waals surface area contributed by atoms with Gasteiger partial charge in [-0.25, -0.2) is 13.4 Å². The molecule has 1 aromatic carbocycles. The van der Waals surface area contributed by atoms with Gasteiger partial charge < -0.3 is 0 Å². The highest BCUT2D eigenvalue weighted by molar-refractivity contribution is 7.90. The topological polar surface area (TPSA) is 72.8 Å². The Morgan fingerprint density at radius 1 is 1.14 bits per heavy atom. The van der Waals surface area contributed by atoms with Crippen LogP contribution in [0, 0.1) is 0 Å². The molecule has 0 radical (unpaired) electrons. The molecular weight excluding hydrogens is 306 g/mol. The van der Waals surface area contributed by atoms with E-state index in [4.69, 9.17) is 0 Å². The summed E-state index contributed by atoms with van der Waals surface area (Å²) in [5, 5.41) is 2.63. The number of hydrogen-bond acceptors (Lipinski definition) is 6. The van der Waals surface area contributed by atoms with Crippen molar-refractivity contribution in [3.8, 4) is 22.0 Å². The van der Waals surface area contributed by atoms with Crippen LogP contribution >= 0.6 is 11.3 Å². The lowest BCUT2D eigenvalue weighted by molar-refractivity contribution is 0.602. The molecule has 0 fully saturated rings. The molecule has 0 saturated heterocycles. The van der Waals surface area contributed by atoms with Gasteiger partial charge in [0.15, 0.2) is 9.84 Å². The van der Waals surface area contributed by atoms with Gasteiger partial charge in [-0.3, -0.25) is 9.97 Å². The van der Waals surface area contributed by atoms with Crippen LogP contribution in [0.2, 0.25) is 0 Å². The van der Waals surface area contributed by atoms with Crippen LogP contribution in [0.3, 0.4) is 0 Å². The second-order valence-corrected chi connectivity index (χ2v) is 7.30. The summed E-state index contributed by atoms with van der Waals surface area (Å²) in [4.78, 5) is 13.0. The molecule has 0 saturated carbocycles. The number of thiazole rings is 1. The minimum absolute atomic E-state index is 0.286. The summed E-state index contributed by atoms with van der Waals surface area (Å²) in [7, 11) is -3.23. The minimum atomic E-state index is -3.23. The molecule has 2 aromatic heterocycles. The van der Waals surface area contributed by atoms with E-state index in [0.29, 0.717) is 5.69 Å². The first kappa shape index (κ1) is 13.8. The molecule has 0 atom stereocenters. The Labute approximate surface area is 126 Å². The van der Waals surface area contributed by atoms with Crippen LogP contribution in [-0.2, 0) is 9.84 Å². The maximum absolute atomic E-state index is 11.6. The van der Waals surface area contributed by atoms with Gasteiger partial charge in [0.05, 0.1) is 16.8 Å². The van der Waals surface area contributed by atoms with Crippen molar-refractivity contribution in [3.05, 3.63) is 48.2 Å². The molecule has 0 aliphatic rings. The van der Waals surface area contributed by atoms with Crippen molar-refractivity contribution >= 4 is 21.2 Å². The molecule has 0 N–H and O–H groups in total. The Bertz CT molecular complexity index is 874. The number of sulfone groups is 1. The van der Waals surface area contributed by atoms with E-state index in [2.05, 4.69) is 15.0 Å². The second-order valence-electron chi connectivity index (χ2n) is 4.43. The van der Waals surface area contributed by atoms with Gasteiger partial charge in [0, 0.05) is 29.6 Å². The fourth-order valence-corrected chi connectivity index (χ4v) is 3.28. The summed E-state index contributed by atoms with van der Waals surface area (Å²) in [6, 6.07) is 6.76. The highest BCUT2D eigenvalue weighted by Crippen LogP contribution is 2.28. The SMILES string of the molecule is CS(=O)(=O)c1cccc(-c2csc(-c3cnccn3)n2)c1. The van der Waals surface area contributed by atoms with E-state index in [1.807, 2.05) is 11.4 Å². The van der Waals surface area contributed by atoms with E-state index in [0.717, 1.165) is 16.3 Å². The van der Waals surface area contributed by atoms with Crippen LogP contribution in [0.15, 0.2) is 53.1 Å². The van der Waals surface area contributed by atoms with E-state index in [-0.39, 0.29) is 4.90 Å². The van der Waals surface area contributed by atoms with Crippen LogP contribution in [0.25, 0.3) is 22.0 Å². The molecule has 106 valence electrons. The fraction of sp³-hybridized carbons (Fsp3) is 0.0714. The third-order valence-corrected chi connectivity index (χ3v) is 4.82. The Balaban J connectivity index is 2.01. The average molecular weight is 317 g/mol. The van der Waals surface area contributed by atoms with Gasteiger partial charge in [-0.05, 0) is 12.1 Å². The summed E-state index contributed by atoms with van der Waals surface area (Å²) >= 11 is 1.45. The normalized spacial score (nSPS) is 11.5. The zero-order valence-electron chi connectivity index (χ0n) is 11.1. The molecule has 0 bridgehead atoms. The maximum Gasteiger partial charge on any atom is 0.175 e. The maximum atomic E-state index is 11.6. The smallest absolute Gasteiger partial charge is 0.175 e.